The van der Waals surface area contributed by atoms with Crippen molar-refractivity contribution >= 4 is 5.91 Å². The molecule has 19 heavy (non-hydrogen) atoms. The molecule has 2 rings (SSSR count). The van der Waals surface area contributed by atoms with Crippen LogP contribution in [0.3, 0.4) is 0 Å². The highest BCUT2D eigenvalue weighted by Crippen LogP contribution is 2.21. The Hall–Kier alpha value is -1.43. The lowest BCUT2D eigenvalue weighted by atomic mass is 9.93. The van der Waals surface area contributed by atoms with Crippen molar-refractivity contribution in [2.24, 2.45) is 11.7 Å². The van der Waals surface area contributed by atoms with Gasteiger partial charge in [0.1, 0.15) is 0 Å². The fourth-order valence-corrected chi connectivity index (χ4v) is 2.51. The van der Waals surface area contributed by atoms with E-state index in [1.165, 1.54) is 0 Å². The summed E-state index contributed by atoms with van der Waals surface area (Å²) < 4.78 is 4.97. The highest BCUT2D eigenvalue weighted by Gasteiger charge is 2.31. The summed E-state index contributed by atoms with van der Waals surface area (Å²) in [4.78, 5) is 18.3. The number of hydrogen-bond donors (Lipinski definition) is 1. The standard InChI is InChI=1S/C13H22N4O2/c1-9-15-11(16-19-9)7-10-5-4-6-17(8-10)12(18)13(2,3)14/h10H,4-8,14H2,1-3H3. The summed E-state index contributed by atoms with van der Waals surface area (Å²) in [6.07, 6.45) is 2.85. The van der Waals surface area contributed by atoms with Crippen LogP contribution in [0.15, 0.2) is 4.52 Å². The second-order valence-electron chi connectivity index (χ2n) is 5.91. The summed E-state index contributed by atoms with van der Waals surface area (Å²) in [6, 6.07) is 0. The smallest absolute Gasteiger partial charge is 0.242 e. The van der Waals surface area contributed by atoms with Crippen molar-refractivity contribution in [3.63, 3.8) is 0 Å². The summed E-state index contributed by atoms with van der Waals surface area (Å²) in [6.45, 7) is 6.81. The third kappa shape index (κ3) is 3.53. The van der Waals surface area contributed by atoms with E-state index in [1.807, 2.05) is 4.90 Å². The fourth-order valence-electron chi connectivity index (χ4n) is 2.51. The Balaban J connectivity index is 1.96. The topological polar surface area (TPSA) is 85.2 Å². The van der Waals surface area contributed by atoms with Crippen LogP contribution in [0.25, 0.3) is 0 Å². The summed E-state index contributed by atoms with van der Waals surface area (Å²) >= 11 is 0. The minimum Gasteiger partial charge on any atom is -0.341 e. The monoisotopic (exact) mass is 266 g/mol. The van der Waals surface area contributed by atoms with Gasteiger partial charge in [-0.15, -0.1) is 0 Å². The average molecular weight is 266 g/mol. The number of nitrogens with zero attached hydrogens (tertiary/aromatic N) is 3. The van der Waals surface area contributed by atoms with Crippen molar-refractivity contribution in [1.29, 1.82) is 0 Å². The summed E-state index contributed by atoms with van der Waals surface area (Å²) in [5.74, 6) is 1.71. The molecule has 0 saturated carbocycles. The zero-order valence-corrected chi connectivity index (χ0v) is 11.8. The lowest BCUT2D eigenvalue weighted by Gasteiger charge is -2.36. The van der Waals surface area contributed by atoms with E-state index in [0.29, 0.717) is 11.8 Å². The van der Waals surface area contributed by atoms with E-state index >= 15 is 0 Å². The number of hydrogen-bond acceptors (Lipinski definition) is 5. The molecule has 6 nitrogen and oxygen atoms in total. The summed E-state index contributed by atoms with van der Waals surface area (Å²) in [5.41, 5.74) is 5.08. The maximum atomic E-state index is 12.2. The molecule has 1 atom stereocenters. The molecule has 1 aliphatic heterocycles. The van der Waals surface area contributed by atoms with Gasteiger partial charge in [-0.05, 0) is 32.6 Å². The molecule has 0 aliphatic carbocycles. The van der Waals surface area contributed by atoms with Gasteiger partial charge >= 0.3 is 0 Å². The number of carbonyl (C=O) groups is 1. The summed E-state index contributed by atoms with van der Waals surface area (Å²) in [5, 5.41) is 3.91. The normalized spacial score (nSPS) is 20.6. The SMILES string of the molecule is Cc1nc(CC2CCCN(C(=O)C(C)(C)N)C2)no1. The van der Waals surface area contributed by atoms with Gasteiger partial charge in [-0.25, -0.2) is 0 Å². The number of rotatable bonds is 3. The third-order valence-corrected chi connectivity index (χ3v) is 3.40. The molecule has 0 radical (unpaired) electrons. The van der Waals surface area contributed by atoms with Crippen LogP contribution in [0.4, 0.5) is 0 Å². The highest BCUT2D eigenvalue weighted by molar-refractivity contribution is 5.85. The predicted molar refractivity (Wildman–Crippen MR) is 70.3 cm³/mol. The molecule has 0 bridgehead atoms. The average Bonchev–Trinajstić information content (AvgIpc) is 2.73. The Kier molecular flexibility index (Phi) is 3.89. The Labute approximate surface area is 113 Å². The van der Waals surface area contributed by atoms with E-state index in [0.717, 1.165) is 38.2 Å². The van der Waals surface area contributed by atoms with Crippen molar-refractivity contribution in [3.05, 3.63) is 11.7 Å². The van der Waals surface area contributed by atoms with Gasteiger partial charge in [-0.2, -0.15) is 4.98 Å². The number of likely N-dealkylation sites (tertiary alicyclic amines) is 1. The molecule has 0 spiro atoms. The van der Waals surface area contributed by atoms with Gasteiger partial charge in [-0.3, -0.25) is 4.79 Å². The first-order valence-corrected chi connectivity index (χ1v) is 6.73. The van der Waals surface area contributed by atoms with Crippen molar-refractivity contribution in [3.8, 4) is 0 Å². The lowest BCUT2D eigenvalue weighted by molar-refractivity contribution is -0.137. The molecular formula is C13H22N4O2. The van der Waals surface area contributed by atoms with Crippen LogP contribution in [0.1, 0.15) is 38.4 Å². The Bertz CT molecular complexity index is 450. The van der Waals surface area contributed by atoms with Crippen LogP contribution in [0, 0.1) is 12.8 Å². The zero-order valence-electron chi connectivity index (χ0n) is 11.8. The molecule has 1 unspecified atom stereocenters. The van der Waals surface area contributed by atoms with Gasteiger partial charge in [0.25, 0.3) is 0 Å². The van der Waals surface area contributed by atoms with Crippen LogP contribution in [0.5, 0.6) is 0 Å². The van der Waals surface area contributed by atoms with E-state index in [4.69, 9.17) is 10.3 Å². The molecular weight excluding hydrogens is 244 g/mol. The molecule has 0 aromatic carbocycles. The van der Waals surface area contributed by atoms with Crippen LogP contribution in [-0.2, 0) is 11.2 Å². The number of carbonyl (C=O) groups excluding carboxylic acids is 1. The van der Waals surface area contributed by atoms with Gasteiger partial charge in [0.2, 0.25) is 11.8 Å². The number of aromatic nitrogens is 2. The fraction of sp³-hybridized carbons (Fsp3) is 0.769. The minimum atomic E-state index is -0.801. The first-order valence-electron chi connectivity index (χ1n) is 6.73. The molecule has 1 saturated heterocycles. The largest absolute Gasteiger partial charge is 0.341 e. The molecule has 106 valence electrons. The number of piperidine rings is 1. The van der Waals surface area contributed by atoms with Gasteiger partial charge < -0.3 is 15.2 Å². The van der Waals surface area contributed by atoms with E-state index in [-0.39, 0.29) is 5.91 Å². The van der Waals surface area contributed by atoms with Crippen LogP contribution in [0.2, 0.25) is 0 Å². The van der Waals surface area contributed by atoms with E-state index < -0.39 is 5.54 Å². The molecule has 2 heterocycles. The first-order chi connectivity index (χ1) is 8.86. The van der Waals surface area contributed by atoms with E-state index in [1.54, 1.807) is 20.8 Å². The van der Waals surface area contributed by atoms with Crippen LogP contribution < -0.4 is 5.73 Å². The Morgan fingerprint density at radius 1 is 1.58 bits per heavy atom. The van der Waals surface area contributed by atoms with Crippen LogP contribution in [-0.4, -0.2) is 39.6 Å². The van der Waals surface area contributed by atoms with Gasteiger partial charge in [0.05, 0.1) is 5.54 Å². The van der Waals surface area contributed by atoms with Gasteiger partial charge in [0.15, 0.2) is 5.82 Å². The number of nitrogens with two attached hydrogens (primary N) is 1. The second kappa shape index (κ2) is 5.28. The van der Waals surface area contributed by atoms with Gasteiger partial charge in [0, 0.05) is 26.4 Å². The van der Waals surface area contributed by atoms with E-state index in [2.05, 4.69) is 10.1 Å². The Morgan fingerprint density at radius 2 is 2.32 bits per heavy atom. The predicted octanol–water partition coefficient (Wildman–Crippen LogP) is 0.896. The molecule has 1 aromatic rings. The minimum absolute atomic E-state index is 0.0153. The molecule has 1 amide bonds. The summed E-state index contributed by atoms with van der Waals surface area (Å²) in [7, 11) is 0. The molecule has 1 fully saturated rings. The number of aryl methyl sites for hydroxylation is 1. The van der Waals surface area contributed by atoms with Crippen molar-refractivity contribution in [2.45, 2.75) is 45.6 Å². The maximum absolute atomic E-state index is 12.2. The van der Waals surface area contributed by atoms with E-state index in [9.17, 15) is 4.79 Å². The number of amides is 1. The second-order valence-corrected chi connectivity index (χ2v) is 5.91. The van der Waals surface area contributed by atoms with Crippen molar-refractivity contribution in [2.75, 3.05) is 13.1 Å². The van der Waals surface area contributed by atoms with Crippen molar-refractivity contribution in [1.82, 2.24) is 15.0 Å². The lowest BCUT2D eigenvalue weighted by Crippen LogP contribution is -2.53. The third-order valence-electron chi connectivity index (χ3n) is 3.40. The molecule has 1 aliphatic rings. The highest BCUT2D eigenvalue weighted by atomic mass is 16.5. The Morgan fingerprint density at radius 3 is 2.89 bits per heavy atom. The van der Waals surface area contributed by atoms with Gasteiger partial charge in [-0.1, -0.05) is 5.16 Å². The molecule has 1 aromatic heterocycles. The quantitative estimate of drug-likeness (QED) is 0.878. The molecule has 6 heteroatoms. The van der Waals surface area contributed by atoms with Crippen LogP contribution >= 0.6 is 0 Å². The first kappa shape index (κ1) is 14.0. The zero-order chi connectivity index (χ0) is 14.0. The molecule has 2 N–H and O–H groups in total. The maximum Gasteiger partial charge on any atom is 0.242 e. The van der Waals surface area contributed by atoms with Crippen molar-refractivity contribution < 1.29 is 9.32 Å².